The molecule has 0 aromatic heterocycles. The Morgan fingerprint density at radius 3 is 2.85 bits per heavy atom. The largest absolute Gasteiger partial charge is 0.382 e. The van der Waals surface area contributed by atoms with E-state index in [4.69, 9.17) is 4.74 Å². The van der Waals surface area contributed by atoms with Gasteiger partial charge in [-0.1, -0.05) is 25.3 Å². The van der Waals surface area contributed by atoms with E-state index < -0.39 is 0 Å². The molecule has 1 aromatic carbocycles. The van der Waals surface area contributed by atoms with E-state index in [0.717, 1.165) is 24.2 Å². The SMILES string of the molecule is Cc1ccc(F)cc1NCC1CCC2(CCCCC2)O1. The number of anilines is 1. The zero-order chi connectivity index (χ0) is 14.0. The van der Waals surface area contributed by atoms with Gasteiger partial charge in [0.15, 0.2) is 0 Å². The van der Waals surface area contributed by atoms with Gasteiger partial charge in [-0.2, -0.15) is 0 Å². The highest BCUT2D eigenvalue weighted by molar-refractivity contribution is 5.50. The number of nitrogens with one attached hydrogen (secondary N) is 1. The van der Waals surface area contributed by atoms with Gasteiger partial charge in [0.1, 0.15) is 5.82 Å². The van der Waals surface area contributed by atoms with Crippen LogP contribution in [0.2, 0.25) is 0 Å². The minimum Gasteiger partial charge on any atom is -0.382 e. The van der Waals surface area contributed by atoms with E-state index in [1.807, 2.05) is 13.0 Å². The average molecular weight is 277 g/mol. The van der Waals surface area contributed by atoms with Crippen molar-refractivity contribution in [1.82, 2.24) is 0 Å². The number of ether oxygens (including phenoxy) is 1. The van der Waals surface area contributed by atoms with Gasteiger partial charge in [-0.3, -0.25) is 0 Å². The van der Waals surface area contributed by atoms with Crippen molar-refractivity contribution in [1.29, 1.82) is 0 Å². The molecule has 1 heterocycles. The summed E-state index contributed by atoms with van der Waals surface area (Å²) in [6.45, 7) is 2.78. The molecular weight excluding hydrogens is 253 g/mol. The van der Waals surface area contributed by atoms with E-state index in [-0.39, 0.29) is 17.5 Å². The maximum atomic E-state index is 13.3. The molecular formula is C17H24FNO. The Bertz CT molecular complexity index is 468. The predicted octanol–water partition coefficient (Wildman–Crippen LogP) is 4.43. The molecule has 0 bridgehead atoms. The molecule has 1 saturated carbocycles. The third kappa shape index (κ3) is 2.98. The molecule has 110 valence electrons. The second kappa shape index (κ2) is 5.72. The van der Waals surface area contributed by atoms with Crippen LogP contribution in [0, 0.1) is 12.7 Å². The van der Waals surface area contributed by atoms with Gasteiger partial charge in [-0.15, -0.1) is 0 Å². The molecule has 20 heavy (non-hydrogen) atoms. The number of aryl methyl sites for hydroxylation is 1. The summed E-state index contributed by atoms with van der Waals surface area (Å²) in [5.41, 5.74) is 2.14. The Hall–Kier alpha value is -1.09. The zero-order valence-corrected chi connectivity index (χ0v) is 12.3. The monoisotopic (exact) mass is 277 g/mol. The Morgan fingerprint density at radius 2 is 2.05 bits per heavy atom. The maximum absolute atomic E-state index is 13.3. The quantitative estimate of drug-likeness (QED) is 0.882. The summed E-state index contributed by atoms with van der Waals surface area (Å²) in [5.74, 6) is -0.186. The third-order valence-electron chi connectivity index (χ3n) is 4.82. The van der Waals surface area contributed by atoms with Gasteiger partial charge >= 0.3 is 0 Å². The lowest BCUT2D eigenvalue weighted by Gasteiger charge is -2.33. The number of benzene rings is 1. The maximum Gasteiger partial charge on any atom is 0.125 e. The first-order valence-electron chi connectivity index (χ1n) is 7.85. The van der Waals surface area contributed by atoms with Crippen molar-refractivity contribution in [3.8, 4) is 0 Å². The topological polar surface area (TPSA) is 21.3 Å². The molecule has 3 heteroatoms. The fourth-order valence-corrected chi connectivity index (χ4v) is 3.61. The smallest absolute Gasteiger partial charge is 0.125 e. The van der Waals surface area contributed by atoms with Crippen LogP contribution in [-0.2, 0) is 4.74 Å². The molecule has 2 fully saturated rings. The van der Waals surface area contributed by atoms with E-state index in [9.17, 15) is 4.39 Å². The molecule has 3 rings (SSSR count). The van der Waals surface area contributed by atoms with Crippen LogP contribution in [0.3, 0.4) is 0 Å². The minimum atomic E-state index is -0.186. The Morgan fingerprint density at radius 1 is 1.25 bits per heavy atom. The predicted molar refractivity (Wildman–Crippen MR) is 79.5 cm³/mol. The lowest BCUT2D eigenvalue weighted by atomic mass is 9.83. The van der Waals surface area contributed by atoms with Crippen molar-refractivity contribution >= 4 is 5.69 Å². The second-order valence-electron chi connectivity index (χ2n) is 6.36. The minimum absolute atomic E-state index is 0.168. The van der Waals surface area contributed by atoms with Crippen LogP contribution in [0.4, 0.5) is 10.1 Å². The molecule has 1 unspecified atom stereocenters. The van der Waals surface area contributed by atoms with Crippen molar-refractivity contribution in [3.05, 3.63) is 29.6 Å². The summed E-state index contributed by atoms with van der Waals surface area (Å²) in [6.07, 6.45) is 9.02. The standard InChI is InChI=1S/C17H24FNO/c1-13-5-6-14(18)11-16(13)19-12-15-7-10-17(20-15)8-3-2-4-9-17/h5-6,11,15,19H,2-4,7-10,12H2,1H3. The van der Waals surface area contributed by atoms with Crippen LogP contribution in [0.25, 0.3) is 0 Å². The number of rotatable bonds is 3. The lowest BCUT2D eigenvalue weighted by Crippen LogP contribution is -2.33. The summed E-state index contributed by atoms with van der Waals surface area (Å²) in [4.78, 5) is 0. The van der Waals surface area contributed by atoms with Crippen molar-refractivity contribution in [2.75, 3.05) is 11.9 Å². The fourth-order valence-electron chi connectivity index (χ4n) is 3.61. The van der Waals surface area contributed by atoms with E-state index >= 15 is 0 Å². The second-order valence-corrected chi connectivity index (χ2v) is 6.36. The van der Waals surface area contributed by atoms with Crippen LogP contribution in [0.5, 0.6) is 0 Å². The number of halogens is 1. The summed E-state index contributed by atoms with van der Waals surface area (Å²) in [6, 6.07) is 4.89. The highest BCUT2D eigenvalue weighted by Crippen LogP contribution is 2.41. The van der Waals surface area contributed by atoms with Crippen LogP contribution in [0.1, 0.15) is 50.5 Å². The van der Waals surface area contributed by atoms with Crippen LogP contribution in [0.15, 0.2) is 18.2 Å². The van der Waals surface area contributed by atoms with Crippen LogP contribution >= 0.6 is 0 Å². The van der Waals surface area contributed by atoms with Crippen LogP contribution in [-0.4, -0.2) is 18.2 Å². The molecule has 1 saturated heterocycles. The van der Waals surface area contributed by atoms with Gasteiger partial charge in [0, 0.05) is 12.2 Å². The first-order chi connectivity index (χ1) is 9.67. The molecule has 1 aromatic rings. The molecule has 1 atom stereocenters. The van der Waals surface area contributed by atoms with E-state index in [1.54, 1.807) is 6.07 Å². The van der Waals surface area contributed by atoms with Crippen molar-refractivity contribution in [3.63, 3.8) is 0 Å². The molecule has 0 radical (unpaired) electrons. The molecule has 2 aliphatic rings. The van der Waals surface area contributed by atoms with Gasteiger partial charge in [-0.05, 0) is 50.3 Å². The van der Waals surface area contributed by atoms with Gasteiger partial charge in [-0.25, -0.2) is 4.39 Å². The average Bonchev–Trinajstić information content (AvgIpc) is 2.84. The highest BCUT2D eigenvalue weighted by atomic mass is 19.1. The van der Waals surface area contributed by atoms with Crippen molar-refractivity contribution in [2.24, 2.45) is 0 Å². The molecule has 0 amide bonds. The molecule has 1 aliphatic carbocycles. The van der Waals surface area contributed by atoms with Gasteiger partial charge in [0.25, 0.3) is 0 Å². The van der Waals surface area contributed by atoms with Crippen molar-refractivity contribution < 1.29 is 9.13 Å². The lowest BCUT2D eigenvalue weighted by molar-refractivity contribution is -0.0588. The Labute approximate surface area is 120 Å². The van der Waals surface area contributed by atoms with Gasteiger partial charge in [0.05, 0.1) is 11.7 Å². The van der Waals surface area contributed by atoms with Gasteiger partial charge < -0.3 is 10.1 Å². The molecule has 1 spiro atoms. The normalized spacial score (nSPS) is 25.0. The molecule has 1 N–H and O–H groups in total. The first kappa shape index (κ1) is 13.9. The van der Waals surface area contributed by atoms with E-state index in [2.05, 4.69) is 5.32 Å². The molecule has 2 nitrogen and oxygen atoms in total. The summed E-state index contributed by atoms with van der Waals surface area (Å²) < 4.78 is 19.6. The summed E-state index contributed by atoms with van der Waals surface area (Å²) in [7, 11) is 0. The number of hydrogen-bond donors (Lipinski definition) is 1. The number of hydrogen-bond acceptors (Lipinski definition) is 2. The Balaban J connectivity index is 1.56. The summed E-state index contributed by atoms with van der Waals surface area (Å²) >= 11 is 0. The Kier molecular flexibility index (Phi) is 3.97. The molecule has 1 aliphatic heterocycles. The van der Waals surface area contributed by atoms with Crippen molar-refractivity contribution in [2.45, 2.75) is 63.6 Å². The zero-order valence-electron chi connectivity index (χ0n) is 12.3. The first-order valence-corrected chi connectivity index (χ1v) is 7.85. The third-order valence-corrected chi connectivity index (χ3v) is 4.82. The van der Waals surface area contributed by atoms with Gasteiger partial charge in [0.2, 0.25) is 0 Å². The van der Waals surface area contributed by atoms with Crippen LogP contribution < -0.4 is 5.32 Å². The van der Waals surface area contributed by atoms with E-state index in [1.165, 1.54) is 44.6 Å². The summed E-state index contributed by atoms with van der Waals surface area (Å²) in [5, 5.41) is 3.35. The highest BCUT2D eigenvalue weighted by Gasteiger charge is 2.40. The fraction of sp³-hybridized carbons (Fsp3) is 0.647. The van der Waals surface area contributed by atoms with E-state index in [0.29, 0.717) is 0 Å².